The van der Waals surface area contributed by atoms with E-state index in [-0.39, 0.29) is 6.10 Å². The van der Waals surface area contributed by atoms with Crippen LogP contribution < -0.4 is 5.84 Å². The fraction of sp³-hybridized carbons (Fsp3) is 1.00. The first kappa shape index (κ1) is 8.88. The van der Waals surface area contributed by atoms with Gasteiger partial charge in [-0.1, -0.05) is 6.92 Å². The molecule has 0 saturated heterocycles. The fourth-order valence-corrected chi connectivity index (χ4v) is 0.534. The molecule has 0 aliphatic rings. The minimum absolute atomic E-state index is 0.231. The molecule has 0 amide bonds. The SMILES string of the molecule is CCN(N)CC(C)OC. The summed E-state index contributed by atoms with van der Waals surface area (Å²) in [6, 6.07) is 0. The van der Waals surface area contributed by atoms with Gasteiger partial charge in [0, 0.05) is 20.2 Å². The van der Waals surface area contributed by atoms with Crippen molar-refractivity contribution >= 4 is 0 Å². The van der Waals surface area contributed by atoms with Gasteiger partial charge in [-0.2, -0.15) is 0 Å². The molecular formula is C6H16N2O. The van der Waals surface area contributed by atoms with Crippen LogP contribution in [-0.2, 0) is 4.74 Å². The Balaban J connectivity index is 3.22. The van der Waals surface area contributed by atoms with Gasteiger partial charge in [-0.3, -0.25) is 5.84 Å². The highest BCUT2D eigenvalue weighted by Gasteiger charge is 2.01. The van der Waals surface area contributed by atoms with E-state index in [2.05, 4.69) is 0 Å². The van der Waals surface area contributed by atoms with Crippen LogP contribution in [-0.4, -0.2) is 31.3 Å². The lowest BCUT2D eigenvalue weighted by atomic mass is 10.4. The normalized spacial score (nSPS) is 14.3. The Morgan fingerprint density at radius 2 is 2.22 bits per heavy atom. The Kier molecular flexibility index (Phi) is 4.67. The first-order valence-electron chi connectivity index (χ1n) is 3.23. The Hall–Kier alpha value is -0.120. The van der Waals surface area contributed by atoms with E-state index in [4.69, 9.17) is 10.6 Å². The Morgan fingerprint density at radius 3 is 2.56 bits per heavy atom. The lowest BCUT2D eigenvalue weighted by molar-refractivity contribution is 0.0790. The number of hydrazine groups is 1. The van der Waals surface area contributed by atoms with Crippen molar-refractivity contribution in [3.05, 3.63) is 0 Å². The van der Waals surface area contributed by atoms with Crippen molar-refractivity contribution < 1.29 is 4.74 Å². The third-order valence-electron chi connectivity index (χ3n) is 1.30. The number of ether oxygens (including phenoxy) is 1. The molecule has 0 fully saturated rings. The van der Waals surface area contributed by atoms with Crippen LogP contribution in [0.15, 0.2) is 0 Å². The molecule has 1 unspecified atom stereocenters. The molecule has 2 N–H and O–H groups in total. The van der Waals surface area contributed by atoms with E-state index in [0.717, 1.165) is 13.1 Å². The van der Waals surface area contributed by atoms with E-state index < -0.39 is 0 Å². The molecule has 3 heteroatoms. The van der Waals surface area contributed by atoms with Crippen molar-refractivity contribution in [2.24, 2.45) is 5.84 Å². The van der Waals surface area contributed by atoms with Crippen molar-refractivity contribution in [2.75, 3.05) is 20.2 Å². The van der Waals surface area contributed by atoms with Crippen molar-refractivity contribution in [3.8, 4) is 0 Å². The van der Waals surface area contributed by atoms with Crippen molar-refractivity contribution in [1.82, 2.24) is 5.01 Å². The van der Waals surface area contributed by atoms with Crippen molar-refractivity contribution in [1.29, 1.82) is 0 Å². The van der Waals surface area contributed by atoms with Gasteiger partial charge in [-0.25, -0.2) is 5.01 Å². The maximum absolute atomic E-state index is 5.50. The summed E-state index contributed by atoms with van der Waals surface area (Å²) in [6.07, 6.45) is 0.231. The average molecular weight is 132 g/mol. The summed E-state index contributed by atoms with van der Waals surface area (Å²) in [5, 5.41) is 1.73. The quantitative estimate of drug-likeness (QED) is 0.439. The zero-order valence-electron chi connectivity index (χ0n) is 6.42. The number of likely N-dealkylation sites (N-methyl/N-ethyl adjacent to an activating group) is 1. The predicted octanol–water partition coefficient (Wildman–Crippen LogP) is 0.217. The summed E-state index contributed by atoms with van der Waals surface area (Å²) >= 11 is 0. The number of rotatable bonds is 4. The second-order valence-electron chi connectivity index (χ2n) is 2.13. The Bertz CT molecular complexity index is 60.1. The lowest BCUT2D eigenvalue weighted by Crippen LogP contribution is -2.37. The molecule has 56 valence electrons. The third kappa shape index (κ3) is 4.39. The maximum Gasteiger partial charge on any atom is 0.0684 e. The van der Waals surface area contributed by atoms with E-state index in [1.165, 1.54) is 0 Å². The van der Waals surface area contributed by atoms with Gasteiger partial charge in [0.1, 0.15) is 0 Å². The molecule has 0 aliphatic heterocycles. The number of hydrogen-bond acceptors (Lipinski definition) is 3. The molecule has 0 aromatic rings. The lowest BCUT2D eigenvalue weighted by Gasteiger charge is -2.17. The number of hydrogen-bond donors (Lipinski definition) is 1. The molecular weight excluding hydrogens is 116 g/mol. The largest absolute Gasteiger partial charge is 0.380 e. The topological polar surface area (TPSA) is 38.5 Å². The molecule has 0 rings (SSSR count). The van der Waals surface area contributed by atoms with Crippen LogP contribution in [0.2, 0.25) is 0 Å². The number of nitrogens with zero attached hydrogens (tertiary/aromatic N) is 1. The molecule has 0 aliphatic carbocycles. The first-order chi connectivity index (χ1) is 4.20. The number of nitrogens with two attached hydrogens (primary N) is 1. The molecule has 0 saturated carbocycles. The molecule has 0 aromatic carbocycles. The van der Waals surface area contributed by atoms with E-state index in [1.807, 2.05) is 13.8 Å². The molecule has 0 heterocycles. The standard InChI is InChI=1S/C6H16N2O/c1-4-8(7)5-6(2)9-3/h6H,4-5,7H2,1-3H3. The van der Waals surface area contributed by atoms with E-state index in [9.17, 15) is 0 Å². The second-order valence-corrected chi connectivity index (χ2v) is 2.13. The summed E-state index contributed by atoms with van der Waals surface area (Å²) in [7, 11) is 1.69. The summed E-state index contributed by atoms with van der Waals surface area (Å²) in [6.45, 7) is 5.68. The maximum atomic E-state index is 5.50. The highest BCUT2D eigenvalue weighted by Crippen LogP contribution is 1.88. The van der Waals surface area contributed by atoms with Crippen LogP contribution in [0, 0.1) is 0 Å². The van der Waals surface area contributed by atoms with Crippen LogP contribution in [0.1, 0.15) is 13.8 Å². The van der Waals surface area contributed by atoms with Gasteiger partial charge in [0.2, 0.25) is 0 Å². The molecule has 9 heavy (non-hydrogen) atoms. The van der Waals surface area contributed by atoms with Gasteiger partial charge < -0.3 is 4.74 Å². The zero-order chi connectivity index (χ0) is 7.28. The smallest absolute Gasteiger partial charge is 0.0684 e. The van der Waals surface area contributed by atoms with Crippen LogP contribution in [0.4, 0.5) is 0 Å². The highest BCUT2D eigenvalue weighted by atomic mass is 16.5. The highest BCUT2D eigenvalue weighted by molar-refractivity contribution is 4.52. The van der Waals surface area contributed by atoms with Crippen LogP contribution in [0.3, 0.4) is 0 Å². The predicted molar refractivity (Wildman–Crippen MR) is 37.9 cm³/mol. The van der Waals surface area contributed by atoms with Gasteiger partial charge in [-0.15, -0.1) is 0 Å². The summed E-state index contributed by atoms with van der Waals surface area (Å²) in [4.78, 5) is 0. The minimum Gasteiger partial charge on any atom is -0.380 e. The second kappa shape index (κ2) is 4.73. The summed E-state index contributed by atoms with van der Waals surface area (Å²) in [5.41, 5.74) is 0. The molecule has 0 radical (unpaired) electrons. The van der Waals surface area contributed by atoms with Gasteiger partial charge in [0.15, 0.2) is 0 Å². The first-order valence-corrected chi connectivity index (χ1v) is 3.23. The number of methoxy groups -OCH3 is 1. The summed E-state index contributed by atoms with van der Waals surface area (Å²) in [5.74, 6) is 5.50. The van der Waals surface area contributed by atoms with Crippen LogP contribution in [0.5, 0.6) is 0 Å². The van der Waals surface area contributed by atoms with E-state index in [0.29, 0.717) is 0 Å². The summed E-state index contributed by atoms with van der Waals surface area (Å²) < 4.78 is 5.00. The molecule has 0 bridgehead atoms. The zero-order valence-corrected chi connectivity index (χ0v) is 6.42. The Labute approximate surface area is 56.7 Å². The van der Waals surface area contributed by atoms with Crippen LogP contribution in [0.25, 0.3) is 0 Å². The van der Waals surface area contributed by atoms with Crippen molar-refractivity contribution in [3.63, 3.8) is 0 Å². The van der Waals surface area contributed by atoms with E-state index >= 15 is 0 Å². The molecule has 1 atom stereocenters. The average Bonchev–Trinajstić information content (AvgIpc) is 1.87. The van der Waals surface area contributed by atoms with Gasteiger partial charge in [-0.05, 0) is 6.92 Å². The molecule has 0 spiro atoms. The molecule has 0 aromatic heterocycles. The fourth-order valence-electron chi connectivity index (χ4n) is 0.534. The Morgan fingerprint density at radius 1 is 1.67 bits per heavy atom. The van der Waals surface area contributed by atoms with Gasteiger partial charge in [0.05, 0.1) is 6.10 Å². The minimum atomic E-state index is 0.231. The van der Waals surface area contributed by atoms with Gasteiger partial charge in [0.25, 0.3) is 0 Å². The third-order valence-corrected chi connectivity index (χ3v) is 1.30. The van der Waals surface area contributed by atoms with E-state index in [1.54, 1.807) is 12.1 Å². The molecule has 3 nitrogen and oxygen atoms in total. The van der Waals surface area contributed by atoms with Crippen molar-refractivity contribution in [2.45, 2.75) is 20.0 Å². The van der Waals surface area contributed by atoms with Crippen LogP contribution >= 0.6 is 0 Å². The monoisotopic (exact) mass is 132 g/mol. The van der Waals surface area contributed by atoms with Gasteiger partial charge >= 0.3 is 0 Å².